The van der Waals surface area contributed by atoms with E-state index in [0.717, 1.165) is 24.0 Å². The Morgan fingerprint density at radius 3 is 2.75 bits per heavy atom. The van der Waals surface area contributed by atoms with E-state index in [1.54, 1.807) is 0 Å². The molecule has 20 heavy (non-hydrogen) atoms. The molecule has 0 saturated carbocycles. The molecule has 5 heteroatoms. The van der Waals surface area contributed by atoms with Crippen molar-refractivity contribution in [3.8, 4) is 0 Å². The number of halogens is 1. The Hall–Kier alpha value is -1.50. The molecule has 1 aromatic carbocycles. The van der Waals surface area contributed by atoms with Crippen molar-refractivity contribution in [3.63, 3.8) is 0 Å². The van der Waals surface area contributed by atoms with Crippen LogP contribution in [0.3, 0.4) is 0 Å². The molecule has 0 fully saturated rings. The van der Waals surface area contributed by atoms with Crippen molar-refractivity contribution in [2.45, 2.75) is 19.5 Å². The summed E-state index contributed by atoms with van der Waals surface area (Å²) in [4.78, 5) is 4.45. The van der Waals surface area contributed by atoms with Gasteiger partial charge in [0.1, 0.15) is 17.6 Å². The Morgan fingerprint density at radius 1 is 1.25 bits per heavy atom. The SMILES string of the molecule is Cc1ccc(C2CN=C(NCc3ccccc3)N2)o1.I. The van der Waals surface area contributed by atoms with Crippen molar-refractivity contribution >= 4 is 29.9 Å². The maximum Gasteiger partial charge on any atom is 0.192 e. The quantitative estimate of drug-likeness (QED) is 0.802. The number of nitrogens with one attached hydrogen (secondary N) is 2. The molecule has 0 bridgehead atoms. The third-order valence-electron chi connectivity index (χ3n) is 3.15. The van der Waals surface area contributed by atoms with Crippen LogP contribution in [0.25, 0.3) is 0 Å². The predicted molar refractivity (Wildman–Crippen MR) is 90.3 cm³/mol. The molecule has 0 amide bonds. The highest BCUT2D eigenvalue weighted by Gasteiger charge is 2.21. The molecule has 1 aromatic heterocycles. The normalized spacial score (nSPS) is 17.1. The second-order valence-corrected chi connectivity index (χ2v) is 4.67. The molecule has 3 rings (SSSR count). The van der Waals surface area contributed by atoms with Crippen molar-refractivity contribution < 1.29 is 4.42 Å². The minimum Gasteiger partial charge on any atom is -0.464 e. The average molecular weight is 383 g/mol. The maximum absolute atomic E-state index is 5.61. The zero-order valence-corrected chi connectivity index (χ0v) is 13.6. The van der Waals surface area contributed by atoms with Gasteiger partial charge in [-0.15, -0.1) is 24.0 Å². The molecule has 4 nitrogen and oxygen atoms in total. The van der Waals surface area contributed by atoms with Gasteiger partial charge in [-0.2, -0.15) is 0 Å². The summed E-state index contributed by atoms with van der Waals surface area (Å²) in [7, 11) is 0. The summed E-state index contributed by atoms with van der Waals surface area (Å²) in [6.07, 6.45) is 0. The fourth-order valence-electron chi connectivity index (χ4n) is 2.13. The summed E-state index contributed by atoms with van der Waals surface area (Å²) in [6.45, 7) is 3.44. The molecule has 2 aromatic rings. The van der Waals surface area contributed by atoms with Crippen LogP contribution in [-0.2, 0) is 6.54 Å². The first-order valence-corrected chi connectivity index (χ1v) is 6.46. The number of furan rings is 1. The summed E-state index contributed by atoms with van der Waals surface area (Å²) in [5, 5.41) is 6.64. The average Bonchev–Trinajstić information content (AvgIpc) is 3.06. The van der Waals surface area contributed by atoms with Gasteiger partial charge in [0.05, 0.1) is 6.54 Å². The van der Waals surface area contributed by atoms with Crippen LogP contribution in [0.15, 0.2) is 51.9 Å². The zero-order valence-electron chi connectivity index (χ0n) is 11.3. The van der Waals surface area contributed by atoms with Gasteiger partial charge in [-0.05, 0) is 24.6 Å². The molecule has 0 saturated heterocycles. The number of nitrogens with zero attached hydrogens (tertiary/aromatic N) is 1. The lowest BCUT2D eigenvalue weighted by Gasteiger charge is -2.10. The van der Waals surface area contributed by atoms with E-state index in [0.29, 0.717) is 6.54 Å². The van der Waals surface area contributed by atoms with Crippen LogP contribution in [0.1, 0.15) is 23.1 Å². The van der Waals surface area contributed by atoms with Crippen LogP contribution < -0.4 is 10.6 Å². The smallest absolute Gasteiger partial charge is 0.192 e. The van der Waals surface area contributed by atoms with Gasteiger partial charge in [0.25, 0.3) is 0 Å². The molecule has 2 heterocycles. The van der Waals surface area contributed by atoms with Gasteiger partial charge in [-0.25, -0.2) is 0 Å². The summed E-state index contributed by atoms with van der Waals surface area (Å²) in [5.74, 6) is 2.71. The number of guanidine groups is 1. The van der Waals surface area contributed by atoms with Gasteiger partial charge in [0, 0.05) is 6.54 Å². The standard InChI is InChI=1S/C15H17N3O.HI/c1-11-7-8-14(19-11)13-10-17-15(18-13)16-9-12-5-3-2-4-6-12;/h2-8,13H,9-10H2,1H3,(H2,16,17,18);1H. The Balaban J connectivity index is 0.00000147. The highest BCUT2D eigenvalue weighted by molar-refractivity contribution is 14.0. The number of hydrogen-bond acceptors (Lipinski definition) is 4. The molecule has 1 aliphatic rings. The van der Waals surface area contributed by atoms with E-state index in [9.17, 15) is 0 Å². The van der Waals surface area contributed by atoms with Gasteiger partial charge in [0.15, 0.2) is 5.96 Å². The first-order chi connectivity index (χ1) is 9.31. The van der Waals surface area contributed by atoms with Crippen molar-refractivity contribution in [2.75, 3.05) is 6.54 Å². The van der Waals surface area contributed by atoms with Crippen LogP contribution in [0, 0.1) is 6.92 Å². The van der Waals surface area contributed by atoms with E-state index in [2.05, 4.69) is 27.8 Å². The van der Waals surface area contributed by atoms with Gasteiger partial charge < -0.3 is 15.1 Å². The predicted octanol–water partition coefficient (Wildman–Crippen LogP) is 3.00. The third kappa shape index (κ3) is 3.53. The molecule has 0 aliphatic carbocycles. The van der Waals surface area contributed by atoms with Gasteiger partial charge in [-0.3, -0.25) is 4.99 Å². The summed E-state index contributed by atoms with van der Waals surface area (Å²) in [6, 6.07) is 14.4. The molecular formula is C15H18IN3O. The van der Waals surface area contributed by atoms with Crippen molar-refractivity contribution in [3.05, 3.63) is 59.5 Å². The monoisotopic (exact) mass is 383 g/mol. The number of aryl methyl sites for hydroxylation is 1. The van der Waals surface area contributed by atoms with E-state index in [1.165, 1.54) is 5.56 Å². The Kier molecular flexibility index (Phi) is 5.05. The summed E-state index contributed by atoms with van der Waals surface area (Å²) >= 11 is 0. The van der Waals surface area contributed by atoms with E-state index in [4.69, 9.17) is 4.42 Å². The second kappa shape index (κ2) is 6.78. The maximum atomic E-state index is 5.61. The minimum absolute atomic E-state index is 0. The molecular weight excluding hydrogens is 365 g/mol. The highest BCUT2D eigenvalue weighted by Crippen LogP contribution is 2.19. The zero-order chi connectivity index (χ0) is 13.1. The number of hydrogen-bond donors (Lipinski definition) is 2. The molecule has 1 aliphatic heterocycles. The molecule has 0 radical (unpaired) electrons. The number of rotatable bonds is 3. The Labute approximate surface area is 135 Å². The first-order valence-electron chi connectivity index (χ1n) is 6.46. The van der Waals surface area contributed by atoms with Crippen LogP contribution >= 0.6 is 24.0 Å². The highest BCUT2D eigenvalue weighted by atomic mass is 127. The fraction of sp³-hybridized carbons (Fsp3) is 0.267. The Bertz CT molecular complexity index is 580. The van der Waals surface area contributed by atoms with E-state index in [1.807, 2.05) is 37.3 Å². The van der Waals surface area contributed by atoms with Crippen molar-refractivity contribution in [2.24, 2.45) is 4.99 Å². The van der Waals surface area contributed by atoms with Gasteiger partial charge in [-0.1, -0.05) is 30.3 Å². The van der Waals surface area contributed by atoms with Crippen LogP contribution in [0.2, 0.25) is 0 Å². The van der Waals surface area contributed by atoms with Gasteiger partial charge >= 0.3 is 0 Å². The number of benzene rings is 1. The largest absolute Gasteiger partial charge is 0.464 e. The molecule has 2 N–H and O–H groups in total. The van der Waals surface area contributed by atoms with Crippen molar-refractivity contribution in [1.29, 1.82) is 0 Å². The molecule has 1 unspecified atom stereocenters. The number of aliphatic imine (C=N–C) groups is 1. The van der Waals surface area contributed by atoms with Gasteiger partial charge in [0.2, 0.25) is 0 Å². The fourth-order valence-corrected chi connectivity index (χ4v) is 2.13. The van der Waals surface area contributed by atoms with Crippen LogP contribution in [0.5, 0.6) is 0 Å². The lowest BCUT2D eigenvalue weighted by molar-refractivity contribution is 0.441. The topological polar surface area (TPSA) is 49.6 Å². The van der Waals surface area contributed by atoms with Crippen LogP contribution in [-0.4, -0.2) is 12.5 Å². The third-order valence-corrected chi connectivity index (χ3v) is 3.15. The lowest BCUT2D eigenvalue weighted by atomic mass is 10.2. The van der Waals surface area contributed by atoms with E-state index in [-0.39, 0.29) is 30.0 Å². The Morgan fingerprint density at radius 2 is 2.05 bits per heavy atom. The summed E-state index contributed by atoms with van der Waals surface area (Å²) < 4.78 is 5.61. The van der Waals surface area contributed by atoms with Crippen molar-refractivity contribution in [1.82, 2.24) is 10.6 Å². The minimum atomic E-state index is 0. The molecule has 0 spiro atoms. The molecule has 1 atom stereocenters. The van der Waals surface area contributed by atoms with E-state index < -0.39 is 0 Å². The lowest BCUT2D eigenvalue weighted by Crippen LogP contribution is -2.34. The van der Waals surface area contributed by atoms with E-state index >= 15 is 0 Å². The van der Waals surface area contributed by atoms with Crippen LogP contribution in [0.4, 0.5) is 0 Å². The second-order valence-electron chi connectivity index (χ2n) is 4.67. The first kappa shape index (κ1) is 14.9. The summed E-state index contributed by atoms with van der Waals surface area (Å²) in [5.41, 5.74) is 1.24. The molecule has 106 valence electrons.